The molecule has 1 rings (SSSR count). The molecule has 0 heterocycles. The van der Waals surface area contributed by atoms with Crippen LogP contribution in [-0.4, -0.2) is 17.1 Å². The highest BCUT2D eigenvalue weighted by molar-refractivity contribution is 9.10. The molecule has 1 aromatic rings. The largest absolute Gasteiger partial charge is 0.384 e. The number of carbonyl (C=O) groups is 1. The van der Waals surface area contributed by atoms with Crippen LogP contribution in [0.15, 0.2) is 28.7 Å². The lowest BCUT2D eigenvalue weighted by Crippen LogP contribution is -2.31. The maximum atomic E-state index is 11.0. The van der Waals surface area contributed by atoms with E-state index in [-0.39, 0.29) is 5.91 Å². The predicted molar refractivity (Wildman–Crippen MR) is 57.7 cm³/mol. The van der Waals surface area contributed by atoms with Gasteiger partial charge >= 0.3 is 0 Å². The third-order valence-electron chi connectivity index (χ3n) is 1.74. The molecule has 1 aromatic carbocycles. The molecular weight excluding hydrogens is 246 g/mol. The maximum Gasteiger partial charge on any atom is 0.248 e. The van der Waals surface area contributed by atoms with E-state index in [1.54, 1.807) is 0 Å². The molecule has 0 radical (unpaired) electrons. The Hall–Kier alpha value is -0.870. The van der Waals surface area contributed by atoms with Gasteiger partial charge in [0.05, 0.1) is 0 Å². The van der Waals surface area contributed by atoms with Crippen molar-refractivity contribution < 1.29 is 9.90 Å². The molecule has 0 bridgehead atoms. The van der Waals surface area contributed by atoms with Gasteiger partial charge in [-0.1, -0.05) is 28.1 Å². The molecule has 0 saturated carbocycles. The Balaban J connectivity index is 2.50. The molecule has 0 saturated heterocycles. The van der Waals surface area contributed by atoms with Gasteiger partial charge in [0.2, 0.25) is 5.91 Å². The van der Waals surface area contributed by atoms with E-state index in [1.807, 2.05) is 24.3 Å². The second-order valence-electron chi connectivity index (χ2n) is 3.02. The summed E-state index contributed by atoms with van der Waals surface area (Å²) in [6, 6.07) is 7.64. The third kappa shape index (κ3) is 3.47. The molecule has 1 amide bonds. The SMILES string of the molecule is CC(O)C(=O)NCc1cccc(Br)c1. The molecule has 0 aliphatic rings. The smallest absolute Gasteiger partial charge is 0.248 e. The van der Waals surface area contributed by atoms with E-state index in [9.17, 15) is 4.79 Å². The van der Waals surface area contributed by atoms with Crippen LogP contribution in [0.2, 0.25) is 0 Å². The normalized spacial score (nSPS) is 12.2. The number of hydrogen-bond acceptors (Lipinski definition) is 2. The number of aliphatic hydroxyl groups is 1. The number of carbonyl (C=O) groups excluding carboxylic acids is 1. The van der Waals surface area contributed by atoms with E-state index in [0.717, 1.165) is 10.0 Å². The van der Waals surface area contributed by atoms with Crippen molar-refractivity contribution >= 4 is 21.8 Å². The summed E-state index contributed by atoms with van der Waals surface area (Å²) in [7, 11) is 0. The molecule has 0 fully saturated rings. The van der Waals surface area contributed by atoms with Crippen molar-refractivity contribution in [3.63, 3.8) is 0 Å². The quantitative estimate of drug-likeness (QED) is 0.862. The topological polar surface area (TPSA) is 49.3 Å². The molecule has 0 spiro atoms. The molecule has 1 atom stereocenters. The van der Waals surface area contributed by atoms with Crippen LogP contribution >= 0.6 is 15.9 Å². The van der Waals surface area contributed by atoms with E-state index in [1.165, 1.54) is 6.92 Å². The maximum absolute atomic E-state index is 11.0. The van der Waals surface area contributed by atoms with Crippen LogP contribution in [0.25, 0.3) is 0 Å². The van der Waals surface area contributed by atoms with E-state index in [0.29, 0.717) is 6.54 Å². The van der Waals surface area contributed by atoms with Crippen LogP contribution < -0.4 is 5.32 Å². The number of aliphatic hydroxyl groups excluding tert-OH is 1. The summed E-state index contributed by atoms with van der Waals surface area (Å²) in [5.41, 5.74) is 0.994. The molecule has 3 nitrogen and oxygen atoms in total. The van der Waals surface area contributed by atoms with Crippen LogP contribution in [0.3, 0.4) is 0 Å². The van der Waals surface area contributed by atoms with Gasteiger partial charge in [-0.2, -0.15) is 0 Å². The lowest BCUT2D eigenvalue weighted by molar-refractivity contribution is -0.128. The van der Waals surface area contributed by atoms with Crippen LogP contribution in [0.5, 0.6) is 0 Å². The van der Waals surface area contributed by atoms with Crippen LogP contribution in [0, 0.1) is 0 Å². The van der Waals surface area contributed by atoms with Gasteiger partial charge in [-0.25, -0.2) is 0 Å². The van der Waals surface area contributed by atoms with Crippen molar-refractivity contribution in [1.82, 2.24) is 5.32 Å². The van der Waals surface area contributed by atoms with Gasteiger partial charge < -0.3 is 10.4 Å². The number of hydrogen-bond donors (Lipinski definition) is 2. The van der Waals surface area contributed by atoms with Crippen molar-refractivity contribution in [3.8, 4) is 0 Å². The minimum atomic E-state index is -0.956. The van der Waals surface area contributed by atoms with Gasteiger partial charge in [-0.05, 0) is 24.6 Å². The first-order chi connectivity index (χ1) is 6.59. The zero-order chi connectivity index (χ0) is 10.6. The van der Waals surface area contributed by atoms with E-state index in [2.05, 4.69) is 21.2 Å². The fraction of sp³-hybridized carbons (Fsp3) is 0.300. The number of halogens is 1. The summed E-state index contributed by atoms with van der Waals surface area (Å²) in [6.45, 7) is 1.87. The highest BCUT2D eigenvalue weighted by Crippen LogP contribution is 2.11. The highest BCUT2D eigenvalue weighted by Gasteiger charge is 2.07. The summed E-state index contributed by atoms with van der Waals surface area (Å²) in [6.07, 6.45) is -0.956. The van der Waals surface area contributed by atoms with Gasteiger partial charge in [0.25, 0.3) is 0 Å². The Morgan fingerprint density at radius 1 is 1.64 bits per heavy atom. The lowest BCUT2D eigenvalue weighted by atomic mass is 10.2. The first kappa shape index (κ1) is 11.2. The van der Waals surface area contributed by atoms with E-state index >= 15 is 0 Å². The average molecular weight is 258 g/mol. The zero-order valence-electron chi connectivity index (χ0n) is 7.83. The molecular formula is C10H12BrNO2. The van der Waals surface area contributed by atoms with Crippen molar-refractivity contribution in [2.24, 2.45) is 0 Å². The van der Waals surface area contributed by atoms with Crippen molar-refractivity contribution in [2.75, 3.05) is 0 Å². The Kier molecular flexibility index (Phi) is 4.10. The average Bonchev–Trinajstić information content (AvgIpc) is 2.14. The fourth-order valence-electron chi connectivity index (χ4n) is 0.984. The van der Waals surface area contributed by atoms with Gasteiger partial charge in [0.15, 0.2) is 0 Å². The number of benzene rings is 1. The van der Waals surface area contributed by atoms with E-state index < -0.39 is 6.10 Å². The number of nitrogens with one attached hydrogen (secondary N) is 1. The minimum Gasteiger partial charge on any atom is -0.384 e. The minimum absolute atomic E-state index is 0.357. The molecule has 0 aromatic heterocycles. The summed E-state index contributed by atoms with van der Waals surface area (Å²) in [5, 5.41) is 11.5. The molecule has 1 unspecified atom stereocenters. The molecule has 0 aliphatic heterocycles. The standard InChI is InChI=1S/C10H12BrNO2/c1-7(13)10(14)12-6-8-3-2-4-9(11)5-8/h2-5,7,13H,6H2,1H3,(H,12,14). The Morgan fingerprint density at radius 3 is 2.93 bits per heavy atom. The van der Waals surface area contributed by atoms with Gasteiger partial charge in [0.1, 0.15) is 6.10 Å². The second kappa shape index (κ2) is 5.12. The molecule has 2 N–H and O–H groups in total. The summed E-state index contributed by atoms with van der Waals surface area (Å²) < 4.78 is 0.973. The van der Waals surface area contributed by atoms with Gasteiger partial charge in [-0.3, -0.25) is 4.79 Å². The zero-order valence-corrected chi connectivity index (χ0v) is 9.41. The number of rotatable bonds is 3. The Morgan fingerprint density at radius 2 is 2.36 bits per heavy atom. The summed E-state index contributed by atoms with van der Waals surface area (Å²) in [5.74, 6) is -0.357. The van der Waals surface area contributed by atoms with Gasteiger partial charge in [-0.15, -0.1) is 0 Å². The first-order valence-electron chi connectivity index (χ1n) is 4.30. The second-order valence-corrected chi connectivity index (χ2v) is 3.94. The fourth-order valence-corrected chi connectivity index (χ4v) is 1.43. The monoisotopic (exact) mass is 257 g/mol. The highest BCUT2D eigenvalue weighted by atomic mass is 79.9. The first-order valence-corrected chi connectivity index (χ1v) is 5.09. The number of amides is 1. The summed E-state index contributed by atoms with van der Waals surface area (Å²) >= 11 is 3.34. The van der Waals surface area contributed by atoms with Gasteiger partial charge in [0, 0.05) is 11.0 Å². The van der Waals surface area contributed by atoms with Crippen molar-refractivity contribution in [2.45, 2.75) is 19.6 Å². The lowest BCUT2D eigenvalue weighted by Gasteiger charge is -2.07. The summed E-state index contributed by atoms with van der Waals surface area (Å²) in [4.78, 5) is 11.0. The predicted octanol–water partition coefficient (Wildman–Crippen LogP) is 1.45. The molecule has 4 heteroatoms. The molecule has 14 heavy (non-hydrogen) atoms. The van der Waals surface area contributed by atoms with Crippen molar-refractivity contribution in [3.05, 3.63) is 34.3 Å². The van der Waals surface area contributed by atoms with Crippen molar-refractivity contribution in [1.29, 1.82) is 0 Å². The van der Waals surface area contributed by atoms with Crippen LogP contribution in [0.4, 0.5) is 0 Å². The molecule has 0 aliphatic carbocycles. The van der Waals surface area contributed by atoms with E-state index in [4.69, 9.17) is 5.11 Å². The Bertz CT molecular complexity index is 326. The van der Waals surface area contributed by atoms with Crippen LogP contribution in [-0.2, 0) is 11.3 Å². The third-order valence-corrected chi connectivity index (χ3v) is 2.23. The Labute approximate surface area is 91.3 Å². The molecule has 76 valence electrons. The van der Waals surface area contributed by atoms with Crippen LogP contribution in [0.1, 0.15) is 12.5 Å².